The Morgan fingerprint density at radius 3 is 2.64 bits per heavy atom. The van der Waals surface area contributed by atoms with Crippen molar-refractivity contribution in [1.82, 2.24) is 0 Å². The van der Waals surface area contributed by atoms with Gasteiger partial charge in [-0.2, -0.15) is 12.6 Å². The summed E-state index contributed by atoms with van der Waals surface area (Å²) in [6.07, 6.45) is 0.670. The third-order valence-electron chi connectivity index (χ3n) is 1.48. The molecule has 0 saturated carbocycles. The molecule has 1 aromatic carbocycles. The van der Waals surface area contributed by atoms with Gasteiger partial charge < -0.3 is 10.2 Å². The molecule has 0 amide bonds. The first kappa shape index (κ1) is 8.27. The second-order valence-corrected chi connectivity index (χ2v) is 2.71. The van der Waals surface area contributed by atoms with Crippen molar-refractivity contribution in [3.8, 4) is 11.5 Å². The number of thiol groups is 1. The van der Waals surface area contributed by atoms with E-state index in [2.05, 4.69) is 12.6 Å². The fourth-order valence-electron chi connectivity index (χ4n) is 0.900. The molecule has 60 valence electrons. The molecule has 1 aromatic rings. The summed E-state index contributed by atoms with van der Waals surface area (Å²) in [6, 6.07) is 4.93. The van der Waals surface area contributed by atoms with Crippen molar-refractivity contribution < 1.29 is 10.2 Å². The van der Waals surface area contributed by atoms with Gasteiger partial charge in [-0.15, -0.1) is 0 Å². The van der Waals surface area contributed by atoms with Gasteiger partial charge in [0.25, 0.3) is 0 Å². The van der Waals surface area contributed by atoms with Crippen LogP contribution in [0.5, 0.6) is 11.5 Å². The Kier molecular flexibility index (Phi) is 2.65. The summed E-state index contributed by atoms with van der Waals surface area (Å²) in [5.74, 6) is 0.572. The van der Waals surface area contributed by atoms with Crippen molar-refractivity contribution in [2.75, 3.05) is 5.75 Å². The Balaban J connectivity index is 2.96. The lowest BCUT2D eigenvalue weighted by molar-refractivity contribution is 0.400. The van der Waals surface area contributed by atoms with Crippen LogP contribution in [0.3, 0.4) is 0 Å². The first-order chi connectivity index (χ1) is 5.25. The van der Waals surface area contributed by atoms with Gasteiger partial charge in [0, 0.05) is 0 Å². The van der Waals surface area contributed by atoms with E-state index in [9.17, 15) is 5.11 Å². The molecule has 0 radical (unpaired) electrons. The number of hydrogen-bond acceptors (Lipinski definition) is 3. The van der Waals surface area contributed by atoms with Crippen molar-refractivity contribution in [2.24, 2.45) is 0 Å². The quantitative estimate of drug-likeness (QED) is 0.466. The van der Waals surface area contributed by atoms with Crippen LogP contribution in [0.1, 0.15) is 5.56 Å². The minimum atomic E-state index is -0.0655. The molecular formula is C8H10O2S. The number of phenols is 2. The fraction of sp³-hybridized carbons (Fsp3) is 0.250. The molecule has 0 aliphatic rings. The maximum atomic E-state index is 9.24. The van der Waals surface area contributed by atoms with E-state index in [1.54, 1.807) is 12.1 Å². The largest absolute Gasteiger partial charge is 0.504 e. The van der Waals surface area contributed by atoms with Crippen LogP contribution in [0.15, 0.2) is 18.2 Å². The molecule has 11 heavy (non-hydrogen) atoms. The molecular weight excluding hydrogens is 160 g/mol. The lowest BCUT2D eigenvalue weighted by Crippen LogP contribution is -1.86. The second-order valence-electron chi connectivity index (χ2n) is 2.26. The highest BCUT2D eigenvalue weighted by Crippen LogP contribution is 2.28. The van der Waals surface area contributed by atoms with Gasteiger partial charge in [-0.25, -0.2) is 0 Å². The van der Waals surface area contributed by atoms with Crippen LogP contribution in [-0.4, -0.2) is 16.0 Å². The zero-order valence-electron chi connectivity index (χ0n) is 5.99. The van der Waals surface area contributed by atoms with Crippen LogP contribution in [0, 0.1) is 0 Å². The molecule has 0 atom stereocenters. The zero-order valence-corrected chi connectivity index (χ0v) is 6.88. The smallest absolute Gasteiger partial charge is 0.160 e. The lowest BCUT2D eigenvalue weighted by atomic mass is 10.1. The van der Waals surface area contributed by atoms with E-state index in [4.69, 9.17) is 5.11 Å². The number of rotatable bonds is 2. The van der Waals surface area contributed by atoms with Crippen LogP contribution in [0.4, 0.5) is 0 Å². The standard InChI is InChI=1S/C8H10O2S/c9-7-3-1-2-6(4-5-11)8(7)10/h1-3,9-11H,4-5H2. The van der Waals surface area contributed by atoms with Gasteiger partial charge in [0.05, 0.1) is 0 Å². The van der Waals surface area contributed by atoms with Crippen molar-refractivity contribution in [2.45, 2.75) is 6.42 Å². The van der Waals surface area contributed by atoms with Crippen LogP contribution in [0.2, 0.25) is 0 Å². The van der Waals surface area contributed by atoms with Gasteiger partial charge in [0.15, 0.2) is 11.5 Å². The SMILES string of the molecule is Oc1cccc(CCS)c1O. The summed E-state index contributed by atoms with van der Waals surface area (Å²) < 4.78 is 0. The molecule has 1 rings (SSSR count). The highest BCUT2D eigenvalue weighted by atomic mass is 32.1. The third-order valence-corrected chi connectivity index (χ3v) is 1.70. The Bertz CT molecular complexity index is 248. The molecule has 3 heteroatoms. The average molecular weight is 170 g/mol. The van der Waals surface area contributed by atoms with Crippen molar-refractivity contribution in [3.05, 3.63) is 23.8 Å². The summed E-state index contributed by atoms with van der Waals surface area (Å²) >= 11 is 4.02. The van der Waals surface area contributed by atoms with Gasteiger partial charge in [-0.05, 0) is 23.8 Å². The van der Waals surface area contributed by atoms with Gasteiger partial charge in [-0.1, -0.05) is 12.1 Å². The number of benzene rings is 1. The van der Waals surface area contributed by atoms with E-state index in [0.717, 1.165) is 5.56 Å². The monoisotopic (exact) mass is 170 g/mol. The van der Waals surface area contributed by atoms with E-state index in [1.807, 2.05) is 0 Å². The summed E-state index contributed by atoms with van der Waals surface area (Å²) in [7, 11) is 0. The summed E-state index contributed by atoms with van der Waals surface area (Å²) in [6.45, 7) is 0. The maximum absolute atomic E-state index is 9.24. The summed E-state index contributed by atoms with van der Waals surface area (Å²) in [5.41, 5.74) is 0.736. The van der Waals surface area contributed by atoms with E-state index in [0.29, 0.717) is 12.2 Å². The highest BCUT2D eigenvalue weighted by molar-refractivity contribution is 7.80. The molecule has 2 N–H and O–H groups in total. The van der Waals surface area contributed by atoms with Gasteiger partial charge in [0.2, 0.25) is 0 Å². The zero-order chi connectivity index (χ0) is 8.27. The van der Waals surface area contributed by atoms with Crippen LogP contribution >= 0.6 is 12.6 Å². The Labute approximate surface area is 70.9 Å². The minimum Gasteiger partial charge on any atom is -0.504 e. The molecule has 0 saturated heterocycles. The first-order valence-corrected chi connectivity index (χ1v) is 3.99. The summed E-state index contributed by atoms with van der Waals surface area (Å²) in [5, 5.41) is 18.3. The fourth-order valence-corrected chi connectivity index (χ4v) is 1.14. The Hall–Kier alpha value is -0.830. The second kappa shape index (κ2) is 3.53. The molecule has 0 fully saturated rings. The van der Waals surface area contributed by atoms with Crippen molar-refractivity contribution in [1.29, 1.82) is 0 Å². The Morgan fingerprint density at radius 1 is 1.27 bits per heavy atom. The number of hydrogen-bond donors (Lipinski definition) is 3. The van der Waals surface area contributed by atoms with Crippen LogP contribution < -0.4 is 0 Å². The van der Waals surface area contributed by atoms with Crippen LogP contribution in [-0.2, 0) is 6.42 Å². The minimum absolute atomic E-state index is 0.0263. The third kappa shape index (κ3) is 1.80. The molecule has 0 spiro atoms. The number of phenolic OH excluding ortho intramolecular Hbond substituents is 2. The molecule has 0 aromatic heterocycles. The molecule has 0 bridgehead atoms. The normalized spacial score (nSPS) is 9.91. The van der Waals surface area contributed by atoms with E-state index >= 15 is 0 Å². The maximum Gasteiger partial charge on any atom is 0.160 e. The van der Waals surface area contributed by atoms with Crippen molar-refractivity contribution >= 4 is 12.6 Å². The number of aryl methyl sites for hydroxylation is 1. The highest BCUT2D eigenvalue weighted by Gasteiger charge is 2.03. The Morgan fingerprint density at radius 2 is 2.00 bits per heavy atom. The van der Waals surface area contributed by atoms with E-state index < -0.39 is 0 Å². The first-order valence-electron chi connectivity index (χ1n) is 3.36. The van der Waals surface area contributed by atoms with E-state index in [1.165, 1.54) is 6.07 Å². The molecule has 0 aliphatic heterocycles. The molecule has 0 aliphatic carbocycles. The van der Waals surface area contributed by atoms with Gasteiger partial charge >= 0.3 is 0 Å². The van der Waals surface area contributed by atoms with E-state index in [-0.39, 0.29) is 11.5 Å². The molecule has 0 unspecified atom stereocenters. The topological polar surface area (TPSA) is 40.5 Å². The van der Waals surface area contributed by atoms with Crippen LogP contribution in [0.25, 0.3) is 0 Å². The number of para-hydroxylation sites is 1. The summed E-state index contributed by atoms with van der Waals surface area (Å²) in [4.78, 5) is 0. The van der Waals surface area contributed by atoms with Gasteiger partial charge in [-0.3, -0.25) is 0 Å². The average Bonchev–Trinajstić information content (AvgIpc) is 1.99. The predicted molar refractivity (Wildman–Crippen MR) is 47.3 cm³/mol. The predicted octanol–water partition coefficient (Wildman–Crippen LogP) is 1.57. The molecule has 2 nitrogen and oxygen atoms in total. The molecule has 0 heterocycles. The van der Waals surface area contributed by atoms with Crippen molar-refractivity contribution in [3.63, 3.8) is 0 Å². The lowest BCUT2D eigenvalue weighted by Gasteiger charge is -2.02. The van der Waals surface area contributed by atoms with Gasteiger partial charge in [0.1, 0.15) is 0 Å². The number of aromatic hydroxyl groups is 2.